The Morgan fingerprint density at radius 2 is 1.35 bits per heavy atom. The van der Waals surface area contributed by atoms with Crippen molar-refractivity contribution in [1.82, 2.24) is 16.0 Å². The molecule has 17 nitrogen and oxygen atoms in total. The van der Waals surface area contributed by atoms with Crippen molar-refractivity contribution < 1.29 is 44.1 Å². The molecule has 0 aromatic heterocycles. The molecule has 0 aliphatic heterocycles. The molecule has 4 amide bonds. The summed E-state index contributed by atoms with van der Waals surface area (Å²) < 4.78 is 0. The molecule has 0 aliphatic carbocycles. The predicted octanol–water partition coefficient (Wildman–Crippen LogP) is -4.58. The zero-order valence-corrected chi connectivity index (χ0v) is 20.4. The van der Waals surface area contributed by atoms with Gasteiger partial charge in [0.1, 0.15) is 12.1 Å². The number of aliphatic imine (C=N–C) groups is 1. The summed E-state index contributed by atoms with van der Waals surface area (Å²) in [6, 6.07) is -5.72. The largest absolute Gasteiger partial charge is 0.481 e. The molecule has 0 rings (SSSR count). The van der Waals surface area contributed by atoms with Crippen LogP contribution in [0.2, 0.25) is 0 Å². The van der Waals surface area contributed by atoms with Gasteiger partial charge >= 0.3 is 11.9 Å². The quantitative estimate of drug-likeness (QED) is 0.0453. The maximum absolute atomic E-state index is 13.0. The number of hydrogen-bond donors (Lipinski definition) is 10. The van der Waals surface area contributed by atoms with Gasteiger partial charge in [-0.2, -0.15) is 0 Å². The third-order valence-corrected chi connectivity index (χ3v) is 4.94. The minimum atomic E-state index is -1.73. The van der Waals surface area contributed by atoms with Crippen molar-refractivity contribution in [3.8, 4) is 0 Å². The lowest BCUT2D eigenvalue weighted by atomic mass is 10.1. The lowest BCUT2D eigenvalue weighted by Gasteiger charge is -2.25. The average molecular weight is 533 g/mol. The molecule has 0 aromatic rings. The van der Waals surface area contributed by atoms with Gasteiger partial charge in [-0.15, -0.1) is 0 Å². The highest BCUT2D eigenvalue weighted by Gasteiger charge is 2.32. The number of carboxylic acids is 2. The lowest BCUT2D eigenvalue weighted by Crippen LogP contribution is -2.58. The molecule has 210 valence electrons. The van der Waals surface area contributed by atoms with E-state index in [1.807, 2.05) is 5.32 Å². The first kappa shape index (κ1) is 33.0. The van der Waals surface area contributed by atoms with Gasteiger partial charge in [0.25, 0.3) is 0 Å². The molecular weight excluding hydrogens is 496 g/mol. The van der Waals surface area contributed by atoms with Crippen molar-refractivity contribution in [2.75, 3.05) is 6.54 Å². The number of nitrogens with zero attached hydrogens (tertiary/aromatic N) is 1. The number of aliphatic carboxylic acids is 2. The standard InChI is InChI=1S/C20H36N8O9/c1-9(29)15(19(36)37)28-18(35)12(5-7-14(31)32)27-17(34)11(3-2-8-25-20(23)24)26-16(33)10(21)4-6-13(22)30/h9-12,15,29H,2-8,21H2,1H3,(H2,22,30)(H,26,33)(H,27,34)(H,28,35)(H,31,32)(H,36,37)(H4,23,24,25). The summed E-state index contributed by atoms with van der Waals surface area (Å²) in [6.45, 7) is 1.21. The van der Waals surface area contributed by atoms with Gasteiger partial charge in [-0.1, -0.05) is 0 Å². The number of aliphatic hydroxyl groups is 1. The van der Waals surface area contributed by atoms with Crippen molar-refractivity contribution in [1.29, 1.82) is 0 Å². The minimum Gasteiger partial charge on any atom is -0.481 e. The number of hydrogen-bond acceptors (Lipinski definition) is 9. The van der Waals surface area contributed by atoms with Gasteiger partial charge in [0, 0.05) is 19.4 Å². The Balaban J connectivity index is 5.67. The highest BCUT2D eigenvalue weighted by molar-refractivity contribution is 5.94. The van der Waals surface area contributed by atoms with E-state index in [2.05, 4.69) is 15.6 Å². The summed E-state index contributed by atoms with van der Waals surface area (Å²) in [5, 5.41) is 34.5. The number of aliphatic hydroxyl groups excluding tert-OH is 1. The van der Waals surface area contributed by atoms with Crippen molar-refractivity contribution in [3.63, 3.8) is 0 Å². The van der Waals surface area contributed by atoms with Crippen molar-refractivity contribution in [2.24, 2.45) is 27.9 Å². The Morgan fingerprint density at radius 1 is 0.811 bits per heavy atom. The summed E-state index contributed by atoms with van der Waals surface area (Å²) in [5.41, 5.74) is 21.3. The number of carbonyl (C=O) groups excluding carboxylic acids is 4. The van der Waals surface area contributed by atoms with Crippen LogP contribution in [-0.2, 0) is 28.8 Å². The molecule has 5 atom stereocenters. The summed E-state index contributed by atoms with van der Waals surface area (Å²) in [4.78, 5) is 75.1. The molecular formula is C20H36N8O9. The van der Waals surface area contributed by atoms with Crippen molar-refractivity contribution >= 4 is 41.5 Å². The summed E-state index contributed by atoms with van der Waals surface area (Å²) in [7, 11) is 0. The Kier molecular flexibility index (Phi) is 14.8. The first-order valence-electron chi connectivity index (χ1n) is 11.3. The molecule has 0 saturated carbocycles. The fourth-order valence-corrected chi connectivity index (χ4v) is 2.93. The van der Waals surface area contributed by atoms with Gasteiger partial charge in [0.05, 0.1) is 12.1 Å². The van der Waals surface area contributed by atoms with E-state index in [9.17, 15) is 39.0 Å². The Labute approximate surface area is 212 Å². The number of guanidine groups is 1. The molecule has 0 radical (unpaired) electrons. The van der Waals surface area contributed by atoms with Crippen LogP contribution in [0.5, 0.6) is 0 Å². The van der Waals surface area contributed by atoms with Gasteiger partial charge in [0.2, 0.25) is 23.6 Å². The van der Waals surface area contributed by atoms with E-state index in [1.165, 1.54) is 0 Å². The van der Waals surface area contributed by atoms with Gasteiger partial charge in [-0.25, -0.2) is 4.79 Å². The maximum atomic E-state index is 13.0. The van der Waals surface area contributed by atoms with Crippen molar-refractivity contribution in [3.05, 3.63) is 0 Å². The van der Waals surface area contributed by atoms with Crippen LogP contribution in [0.25, 0.3) is 0 Å². The smallest absolute Gasteiger partial charge is 0.328 e. The fourth-order valence-electron chi connectivity index (χ4n) is 2.93. The topological polar surface area (TPSA) is 316 Å². The Bertz CT molecular complexity index is 861. The van der Waals surface area contributed by atoms with Gasteiger partial charge in [0.15, 0.2) is 12.0 Å². The van der Waals surface area contributed by atoms with Crippen LogP contribution in [0, 0.1) is 0 Å². The second-order valence-electron chi connectivity index (χ2n) is 8.18. The highest BCUT2D eigenvalue weighted by atomic mass is 16.4. The van der Waals surface area contributed by atoms with Crippen molar-refractivity contribution in [2.45, 2.75) is 75.7 Å². The molecule has 17 heteroatoms. The summed E-state index contributed by atoms with van der Waals surface area (Å²) in [6.07, 6.45) is -2.60. The van der Waals surface area contributed by atoms with E-state index in [4.69, 9.17) is 28.0 Å². The third-order valence-electron chi connectivity index (χ3n) is 4.94. The van der Waals surface area contributed by atoms with Crippen LogP contribution in [0.3, 0.4) is 0 Å². The number of rotatable bonds is 18. The fraction of sp³-hybridized carbons (Fsp3) is 0.650. The zero-order chi connectivity index (χ0) is 28.7. The monoisotopic (exact) mass is 532 g/mol. The molecule has 0 bridgehead atoms. The van der Waals surface area contributed by atoms with E-state index >= 15 is 0 Å². The second kappa shape index (κ2) is 16.6. The number of carbonyl (C=O) groups is 6. The number of primary amides is 1. The Morgan fingerprint density at radius 3 is 1.84 bits per heavy atom. The number of nitrogens with two attached hydrogens (primary N) is 4. The Hall–Kier alpha value is -3.99. The van der Waals surface area contributed by atoms with E-state index in [0.717, 1.165) is 6.92 Å². The van der Waals surface area contributed by atoms with Crippen LogP contribution < -0.4 is 38.9 Å². The number of amides is 4. The zero-order valence-electron chi connectivity index (χ0n) is 20.4. The maximum Gasteiger partial charge on any atom is 0.328 e. The van der Waals surface area contributed by atoms with Crippen LogP contribution >= 0.6 is 0 Å². The SMILES string of the molecule is CC(O)C(NC(=O)C(CCC(=O)O)NC(=O)C(CCCN=C(N)N)NC(=O)C(N)CCC(N)=O)C(=O)O. The molecule has 0 heterocycles. The van der Waals surface area contributed by atoms with Crippen LogP contribution in [-0.4, -0.2) is 93.7 Å². The van der Waals surface area contributed by atoms with E-state index < -0.39 is 78.7 Å². The average Bonchev–Trinajstić information content (AvgIpc) is 2.78. The molecule has 0 saturated heterocycles. The van der Waals surface area contributed by atoms with Crippen LogP contribution in [0.4, 0.5) is 0 Å². The minimum absolute atomic E-state index is 0.0322. The molecule has 0 aliphatic rings. The molecule has 0 spiro atoms. The number of carboxylic acid groups (broad SMARTS) is 2. The predicted molar refractivity (Wildman–Crippen MR) is 128 cm³/mol. The first-order chi connectivity index (χ1) is 17.1. The van der Waals surface area contributed by atoms with E-state index in [-0.39, 0.29) is 38.2 Å². The molecule has 0 fully saturated rings. The van der Waals surface area contributed by atoms with E-state index in [0.29, 0.717) is 0 Å². The molecule has 14 N–H and O–H groups in total. The lowest BCUT2D eigenvalue weighted by molar-refractivity contribution is -0.145. The van der Waals surface area contributed by atoms with E-state index in [1.54, 1.807) is 0 Å². The summed E-state index contributed by atoms with van der Waals surface area (Å²) in [5.74, 6) is -6.49. The third kappa shape index (κ3) is 14.2. The highest BCUT2D eigenvalue weighted by Crippen LogP contribution is 2.06. The van der Waals surface area contributed by atoms with Gasteiger partial charge in [-0.05, 0) is 32.6 Å². The molecule has 0 aromatic carbocycles. The first-order valence-corrected chi connectivity index (χ1v) is 11.3. The number of nitrogens with one attached hydrogen (secondary N) is 3. The normalized spacial score (nSPS) is 14.7. The van der Waals surface area contributed by atoms with Gasteiger partial charge < -0.3 is 54.2 Å². The van der Waals surface area contributed by atoms with Gasteiger partial charge in [-0.3, -0.25) is 29.0 Å². The van der Waals surface area contributed by atoms with Crippen LogP contribution in [0.15, 0.2) is 4.99 Å². The second-order valence-corrected chi connectivity index (χ2v) is 8.18. The van der Waals surface area contributed by atoms with Crippen LogP contribution in [0.1, 0.15) is 45.4 Å². The molecule has 37 heavy (non-hydrogen) atoms. The summed E-state index contributed by atoms with van der Waals surface area (Å²) >= 11 is 0. The molecule has 5 unspecified atom stereocenters.